The second-order valence-corrected chi connectivity index (χ2v) is 17.2. The highest BCUT2D eigenvalue weighted by Crippen LogP contribution is 2.41. The number of aromatic amines is 1. The van der Waals surface area contributed by atoms with Gasteiger partial charge in [-0.1, -0.05) is 127 Å². The van der Waals surface area contributed by atoms with Gasteiger partial charge in [0.05, 0.1) is 49.2 Å². The number of hydrogen-bond donors (Lipinski definition) is 2. The van der Waals surface area contributed by atoms with E-state index in [1.165, 1.54) is 24.3 Å². The SMILES string of the molecule is O=C(O)c1cc(Cc2ccc([N+](=O)[O-])cc2)ccc1-c1c2nc(c(-c3ccccc3)c3ccc([nH]3)c(-c3ccccc3)c3nc(c(-c4ccccc4)c4ccc1n4Cc1ccc([N+](=O)[O-])cc1)C=C3)C=C2. The van der Waals surface area contributed by atoms with Crippen molar-refractivity contribution in [3.8, 4) is 44.5 Å². The van der Waals surface area contributed by atoms with Crippen LogP contribution in [0.15, 0.2) is 182 Å². The van der Waals surface area contributed by atoms with Gasteiger partial charge in [0.2, 0.25) is 0 Å². The summed E-state index contributed by atoms with van der Waals surface area (Å²) in [5.41, 5.74) is 14.1. The van der Waals surface area contributed by atoms with Crippen LogP contribution < -0.4 is 0 Å². The quantitative estimate of drug-likeness (QED) is 0.0953. The number of aromatic nitrogens is 4. The number of nitrogens with one attached hydrogen (secondary N) is 1. The second kappa shape index (κ2) is 18.4. The average Bonchev–Trinajstić information content (AvgIpc) is 4.24. The Balaban J connectivity index is 1.29. The molecule has 0 spiro atoms. The van der Waals surface area contributed by atoms with Crippen molar-refractivity contribution in [1.29, 1.82) is 0 Å². The Hall–Kier alpha value is -9.81. The summed E-state index contributed by atoms with van der Waals surface area (Å²) in [6.45, 7) is 0.226. The topological polar surface area (TPSA) is 170 Å². The molecule has 0 aliphatic carbocycles. The summed E-state index contributed by atoms with van der Waals surface area (Å²) in [5, 5.41) is 34.4. The minimum Gasteiger partial charge on any atom is -0.478 e. The molecule has 0 saturated heterocycles. The zero-order valence-corrected chi connectivity index (χ0v) is 37.8. The summed E-state index contributed by atoms with van der Waals surface area (Å²) in [7, 11) is 0. The minimum atomic E-state index is -1.16. The van der Waals surface area contributed by atoms with Gasteiger partial charge in [-0.15, -0.1) is 0 Å². The van der Waals surface area contributed by atoms with Crippen molar-refractivity contribution < 1.29 is 19.7 Å². The number of carboxylic acid groups (broad SMARTS) is 1. The van der Waals surface area contributed by atoms with Gasteiger partial charge in [0.25, 0.3) is 11.4 Å². The van der Waals surface area contributed by atoms with Crippen LogP contribution in [0.5, 0.6) is 0 Å². The molecule has 0 fully saturated rings. The Labute approximate surface area is 406 Å². The molecule has 71 heavy (non-hydrogen) atoms. The van der Waals surface area contributed by atoms with Gasteiger partial charge in [0, 0.05) is 69.7 Å². The number of benzene rings is 6. The van der Waals surface area contributed by atoms with Crippen LogP contribution in [0, 0.1) is 20.2 Å². The molecule has 12 heteroatoms. The van der Waals surface area contributed by atoms with Crippen LogP contribution in [0.4, 0.5) is 11.4 Å². The number of nitro groups is 2. The van der Waals surface area contributed by atoms with Crippen LogP contribution >= 0.6 is 0 Å². The van der Waals surface area contributed by atoms with Gasteiger partial charge < -0.3 is 14.7 Å². The fourth-order valence-electron chi connectivity index (χ4n) is 9.55. The molecule has 2 aliphatic heterocycles. The lowest BCUT2D eigenvalue weighted by Crippen LogP contribution is -2.05. The lowest BCUT2D eigenvalue weighted by molar-refractivity contribution is -0.385. The Morgan fingerprint density at radius 2 is 0.915 bits per heavy atom. The molecular formula is C59H40N6O6. The lowest BCUT2D eigenvalue weighted by Gasteiger charge is -2.16. The monoisotopic (exact) mass is 928 g/mol. The van der Waals surface area contributed by atoms with Gasteiger partial charge in [0.1, 0.15) is 0 Å². The molecule has 0 amide bonds. The number of carbonyl (C=O) groups is 1. The summed E-state index contributed by atoms with van der Waals surface area (Å²) < 4.78 is 2.11. The Morgan fingerprint density at radius 1 is 0.493 bits per heavy atom. The normalized spacial score (nSPS) is 11.7. The third kappa shape index (κ3) is 8.46. The van der Waals surface area contributed by atoms with Gasteiger partial charge in [-0.3, -0.25) is 20.2 Å². The van der Waals surface area contributed by atoms with Gasteiger partial charge in [-0.25, -0.2) is 14.8 Å². The molecule has 2 N–H and O–H groups in total. The predicted molar refractivity (Wildman–Crippen MR) is 279 cm³/mol. The zero-order chi connectivity index (χ0) is 48.6. The van der Waals surface area contributed by atoms with Gasteiger partial charge in [-0.05, 0) is 94.4 Å². The highest BCUT2D eigenvalue weighted by atomic mass is 16.6. The largest absolute Gasteiger partial charge is 0.478 e. The molecule has 342 valence electrons. The van der Waals surface area contributed by atoms with Crippen molar-refractivity contribution >= 4 is 63.7 Å². The van der Waals surface area contributed by atoms with E-state index < -0.39 is 15.8 Å². The molecule has 0 atom stereocenters. The highest BCUT2D eigenvalue weighted by molar-refractivity contribution is 6.04. The summed E-state index contributed by atoms with van der Waals surface area (Å²) in [6.07, 6.45) is 8.26. The van der Waals surface area contributed by atoms with Crippen LogP contribution in [0.3, 0.4) is 0 Å². The van der Waals surface area contributed by atoms with Crippen molar-refractivity contribution in [2.24, 2.45) is 0 Å². The van der Waals surface area contributed by atoms with Crippen LogP contribution in [0.25, 0.3) is 90.9 Å². The van der Waals surface area contributed by atoms with E-state index in [1.54, 1.807) is 30.3 Å². The van der Waals surface area contributed by atoms with Crippen molar-refractivity contribution in [1.82, 2.24) is 19.5 Å². The number of non-ortho nitro benzene ring substituents is 2. The number of nitro benzene ring substituents is 2. The predicted octanol–water partition coefficient (Wildman–Crippen LogP) is 14.0. The number of carboxylic acids is 1. The Morgan fingerprint density at radius 3 is 1.39 bits per heavy atom. The smallest absolute Gasteiger partial charge is 0.336 e. The van der Waals surface area contributed by atoms with Gasteiger partial charge in [0.15, 0.2) is 0 Å². The molecule has 0 radical (unpaired) electrons. The summed E-state index contributed by atoms with van der Waals surface area (Å²) in [5.74, 6) is -1.16. The average molecular weight is 929 g/mol. The summed E-state index contributed by atoms with van der Waals surface area (Å²) in [6, 6.07) is 56.2. The molecule has 2 aliphatic rings. The van der Waals surface area contributed by atoms with Crippen LogP contribution in [0.2, 0.25) is 0 Å². The van der Waals surface area contributed by atoms with E-state index in [4.69, 9.17) is 9.97 Å². The number of fused-ring (bicyclic) bond motifs is 8. The van der Waals surface area contributed by atoms with Crippen LogP contribution in [0.1, 0.15) is 49.8 Å². The van der Waals surface area contributed by atoms with E-state index in [1.807, 2.05) is 127 Å². The van der Waals surface area contributed by atoms with E-state index in [-0.39, 0.29) is 23.5 Å². The highest BCUT2D eigenvalue weighted by Gasteiger charge is 2.24. The second-order valence-electron chi connectivity index (χ2n) is 17.2. The Bertz CT molecular complexity index is 3820. The van der Waals surface area contributed by atoms with Crippen molar-refractivity contribution in [2.75, 3.05) is 0 Å². The van der Waals surface area contributed by atoms with Crippen molar-refractivity contribution in [3.63, 3.8) is 0 Å². The third-order valence-corrected chi connectivity index (χ3v) is 12.8. The molecule has 6 aromatic carbocycles. The molecule has 11 rings (SSSR count). The fraction of sp³-hybridized carbons (Fsp3) is 0.0339. The molecule has 0 unspecified atom stereocenters. The first-order valence-electron chi connectivity index (χ1n) is 22.8. The maximum atomic E-state index is 13.7. The molecule has 9 aromatic rings. The van der Waals surface area contributed by atoms with Crippen LogP contribution in [-0.2, 0) is 13.0 Å². The molecule has 0 saturated carbocycles. The van der Waals surface area contributed by atoms with E-state index in [0.717, 1.165) is 66.8 Å². The standard InChI is InChI=1S/C59H40N6O6/c66-59(67)46-35-39(34-37-16-21-43(22-17-37)64(68)69)20-25-45(46)58-52-31-29-50(62-52)56(41-12-6-2-7-13-41)48-27-26-47(60-48)55(40-10-4-1-5-11-40)49-28-30-51(61-49)57(42-14-8-3-9-15-42)53-32-33-54(58)63(53)36-38-18-23-44(24-19-38)65(70)71/h1-33,35,60H,34,36H2,(H,66,67). The third-order valence-electron chi connectivity index (χ3n) is 12.8. The summed E-state index contributed by atoms with van der Waals surface area (Å²) >= 11 is 0. The van der Waals surface area contributed by atoms with E-state index in [2.05, 4.69) is 33.8 Å². The zero-order valence-electron chi connectivity index (χ0n) is 37.8. The first-order chi connectivity index (χ1) is 34.7. The number of nitrogens with zero attached hydrogens (tertiary/aromatic N) is 5. The molecular weight excluding hydrogens is 889 g/mol. The van der Waals surface area contributed by atoms with E-state index in [0.29, 0.717) is 45.7 Å². The minimum absolute atomic E-state index is 0.0304. The number of rotatable bonds is 11. The molecule has 5 heterocycles. The van der Waals surface area contributed by atoms with E-state index in [9.17, 15) is 30.1 Å². The van der Waals surface area contributed by atoms with Crippen molar-refractivity contribution in [2.45, 2.75) is 13.0 Å². The fourth-order valence-corrected chi connectivity index (χ4v) is 9.55. The first kappa shape index (κ1) is 43.7. The van der Waals surface area contributed by atoms with Crippen molar-refractivity contribution in [3.05, 3.63) is 247 Å². The van der Waals surface area contributed by atoms with Gasteiger partial charge in [-0.2, -0.15) is 0 Å². The number of hydrogen-bond acceptors (Lipinski definition) is 7. The van der Waals surface area contributed by atoms with Crippen LogP contribution in [-0.4, -0.2) is 40.4 Å². The molecule has 3 aromatic heterocycles. The lowest BCUT2D eigenvalue weighted by atomic mass is 9.94. The number of aromatic carboxylic acids is 1. The number of H-pyrrole nitrogens is 1. The maximum Gasteiger partial charge on any atom is 0.336 e. The molecule has 8 bridgehead atoms. The molecule has 12 nitrogen and oxygen atoms in total. The summed E-state index contributed by atoms with van der Waals surface area (Å²) in [4.78, 5) is 50.6. The van der Waals surface area contributed by atoms with Gasteiger partial charge >= 0.3 is 5.97 Å². The Kier molecular flexibility index (Phi) is 11.3. The maximum absolute atomic E-state index is 13.7. The first-order valence-corrected chi connectivity index (χ1v) is 22.8. The van der Waals surface area contributed by atoms with E-state index >= 15 is 0 Å².